The van der Waals surface area contributed by atoms with Crippen LogP contribution in [0.3, 0.4) is 0 Å². The van der Waals surface area contributed by atoms with Crippen LogP contribution in [0.25, 0.3) is 0 Å². The van der Waals surface area contributed by atoms with Gasteiger partial charge in [-0.3, -0.25) is 0 Å². The number of aliphatic imine (C=N–C) groups is 1. The van der Waals surface area contributed by atoms with E-state index < -0.39 is 0 Å². The Bertz CT molecular complexity index is 496. The Balaban J connectivity index is 0.00000161. The Morgan fingerprint density at radius 2 is 2.29 bits per heavy atom. The van der Waals surface area contributed by atoms with E-state index in [1.54, 1.807) is 11.3 Å². The first-order valence-electron chi connectivity index (χ1n) is 7.65. The van der Waals surface area contributed by atoms with E-state index in [0.717, 1.165) is 30.6 Å². The summed E-state index contributed by atoms with van der Waals surface area (Å²) < 4.78 is 0. The molecular weight excluding hydrogens is 395 g/mol. The Kier molecular flexibility index (Phi) is 5.88. The van der Waals surface area contributed by atoms with Crippen LogP contribution in [0.5, 0.6) is 0 Å². The molecule has 1 saturated heterocycles. The first kappa shape index (κ1) is 17.0. The summed E-state index contributed by atoms with van der Waals surface area (Å²) in [6, 6.07) is 0. The fourth-order valence-electron chi connectivity index (χ4n) is 3.26. The van der Waals surface area contributed by atoms with Crippen molar-refractivity contribution in [2.75, 3.05) is 19.6 Å². The topological polar surface area (TPSA) is 40.5 Å². The van der Waals surface area contributed by atoms with Gasteiger partial charge >= 0.3 is 0 Å². The minimum atomic E-state index is 0. The first-order chi connectivity index (χ1) is 9.71. The highest BCUT2D eigenvalue weighted by molar-refractivity contribution is 14.0. The molecule has 1 aromatic rings. The van der Waals surface area contributed by atoms with Gasteiger partial charge in [0.15, 0.2) is 5.96 Å². The molecule has 2 heterocycles. The summed E-state index contributed by atoms with van der Waals surface area (Å²) in [5, 5.41) is 4.57. The number of thiazole rings is 1. The molecule has 1 aliphatic carbocycles. The van der Waals surface area contributed by atoms with Crippen LogP contribution in [0.4, 0.5) is 0 Å². The van der Waals surface area contributed by atoms with Crippen molar-refractivity contribution in [2.24, 2.45) is 10.4 Å². The van der Waals surface area contributed by atoms with E-state index in [9.17, 15) is 0 Å². The fourth-order valence-corrected chi connectivity index (χ4v) is 3.98. The zero-order valence-corrected chi connectivity index (χ0v) is 16.0. The monoisotopic (exact) mass is 420 g/mol. The van der Waals surface area contributed by atoms with Crippen LogP contribution in [0, 0.1) is 12.3 Å². The second-order valence-electron chi connectivity index (χ2n) is 6.04. The van der Waals surface area contributed by atoms with E-state index in [1.165, 1.54) is 37.1 Å². The molecule has 2 aliphatic rings. The number of nitrogens with one attached hydrogen (secondary N) is 1. The third kappa shape index (κ3) is 3.88. The molecule has 1 aliphatic heterocycles. The molecule has 0 unspecified atom stereocenters. The molecule has 0 atom stereocenters. The van der Waals surface area contributed by atoms with Gasteiger partial charge in [0.1, 0.15) is 0 Å². The third-order valence-electron chi connectivity index (χ3n) is 4.54. The molecule has 4 nitrogen and oxygen atoms in total. The Morgan fingerprint density at radius 1 is 1.48 bits per heavy atom. The Hall–Kier alpha value is -0.370. The molecule has 0 bridgehead atoms. The number of halogens is 1. The minimum absolute atomic E-state index is 0. The van der Waals surface area contributed by atoms with Gasteiger partial charge in [0.2, 0.25) is 0 Å². The smallest absolute Gasteiger partial charge is 0.194 e. The van der Waals surface area contributed by atoms with Crippen molar-refractivity contribution >= 4 is 41.3 Å². The van der Waals surface area contributed by atoms with E-state index >= 15 is 0 Å². The molecule has 0 amide bonds. The SMILES string of the molecule is CCNC(=NCc1cnc(C)s1)N1CCC2(CCC2)C1.I. The van der Waals surface area contributed by atoms with Crippen molar-refractivity contribution in [3.8, 4) is 0 Å². The second kappa shape index (κ2) is 7.26. The van der Waals surface area contributed by atoms with Crippen molar-refractivity contribution in [3.63, 3.8) is 0 Å². The minimum Gasteiger partial charge on any atom is -0.357 e. The van der Waals surface area contributed by atoms with Crippen LogP contribution in [-0.2, 0) is 6.54 Å². The van der Waals surface area contributed by atoms with Crippen molar-refractivity contribution in [1.29, 1.82) is 0 Å². The molecule has 0 aromatic carbocycles. The van der Waals surface area contributed by atoms with Gasteiger partial charge in [0, 0.05) is 30.7 Å². The number of nitrogens with zero attached hydrogens (tertiary/aromatic N) is 3. The first-order valence-corrected chi connectivity index (χ1v) is 8.47. The number of rotatable bonds is 3. The quantitative estimate of drug-likeness (QED) is 0.463. The van der Waals surface area contributed by atoms with E-state index in [4.69, 9.17) is 4.99 Å². The Morgan fingerprint density at radius 3 is 2.81 bits per heavy atom. The van der Waals surface area contributed by atoms with Gasteiger partial charge in [0.05, 0.1) is 11.6 Å². The summed E-state index contributed by atoms with van der Waals surface area (Å²) >= 11 is 1.74. The average Bonchev–Trinajstić information content (AvgIpc) is 3.00. The van der Waals surface area contributed by atoms with E-state index in [0.29, 0.717) is 5.41 Å². The summed E-state index contributed by atoms with van der Waals surface area (Å²) in [7, 11) is 0. The lowest BCUT2D eigenvalue weighted by atomic mass is 9.68. The van der Waals surface area contributed by atoms with E-state index in [2.05, 4.69) is 22.1 Å². The zero-order valence-electron chi connectivity index (χ0n) is 12.9. The van der Waals surface area contributed by atoms with Crippen LogP contribution in [0.2, 0.25) is 0 Å². The summed E-state index contributed by atoms with van der Waals surface area (Å²) in [5.74, 6) is 1.09. The lowest BCUT2D eigenvalue weighted by molar-refractivity contribution is 0.151. The van der Waals surface area contributed by atoms with E-state index in [1.807, 2.05) is 13.1 Å². The van der Waals surface area contributed by atoms with Gasteiger partial charge in [-0.25, -0.2) is 9.98 Å². The predicted molar refractivity (Wildman–Crippen MR) is 99.6 cm³/mol. The van der Waals surface area contributed by atoms with Gasteiger partial charge in [0.25, 0.3) is 0 Å². The Labute approximate surface area is 148 Å². The van der Waals surface area contributed by atoms with Crippen LogP contribution < -0.4 is 5.32 Å². The van der Waals surface area contributed by atoms with Crippen molar-refractivity contribution in [3.05, 3.63) is 16.1 Å². The second-order valence-corrected chi connectivity index (χ2v) is 7.36. The van der Waals surface area contributed by atoms with Crippen LogP contribution in [0.15, 0.2) is 11.2 Å². The van der Waals surface area contributed by atoms with Crippen molar-refractivity contribution < 1.29 is 0 Å². The van der Waals surface area contributed by atoms with Crippen LogP contribution >= 0.6 is 35.3 Å². The highest BCUT2D eigenvalue weighted by Gasteiger charge is 2.43. The fraction of sp³-hybridized carbons (Fsp3) is 0.733. The molecule has 0 radical (unpaired) electrons. The number of aromatic nitrogens is 1. The number of likely N-dealkylation sites (tertiary alicyclic amines) is 1. The molecule has 1 N–H and O–H groups in total. The normalized spacial score (nSPS) is 20.3. The molecule has 6 heteroatoms. The molecule has 1 aromatic heterocycles. The maximum absolute atomic E-state index is 4.80. The lowest BCUT2D eigenvalue weighted by Gasteiger charge is -2.38. The molecule has 1 spiro atoms. The summed E-state index contributed by atoms with van der Waals surface area (Å²) in [6.45, 7) is 8.22. The molecule has 1 saturated carbocycles. The molecule has 3 rings (SSSR count). The van der Waals surface area contributed by atoms with Crippen molar-refractivity contribution in [2.45, 2.75) is 46.1 Å². The van der Waals surface area contributed by atoms with Gasteiger partial charge in [-0.15, -0.1) is 35.3 Å². The molecular formula is C15H25IN4S. The lowest BCUT2D eigenvalue weighted by Crippen LogP contribution is -2.42. The van der Waals surface area contributed by atoms with Crippen molar-refractivity contribution in [1.82, 2.24) is 15.2 Å². The third-order valence-corrected chi connectivity index (χ3v) is 5.44. The number of aryl methyl sites for hydroxylation is 1. The van der Waals surface area contributed by atoms with Gasteiger partial charge in [-0.05, 0) is 38.5 Å². The number of hydrogen-bond donors (Lipinski definition) is 1. The summed E-state index contributed by atoms with van der Waals surface area (Å²) in [4.78, 5) is 12.8. The molecule has 2 fully saturated rings. The zero-order chi connectivity index (χ0) is 14.0. The maximum atomic E-state index is 4.80. The van der Waals surface area contributed by atoms with Gasteiger partial charge < -0.3 is 10.2 Å². The van der Waals surface area contributed by atoms with Gasteiger partial charge in [-0.2, -0.15) is 0 Å². The summed E-state index contributed by atoms with van der Waals surface area (Å²) in [6.07, 6.45) is 7.54. The number of hydrogen-bond acceptors (Lipinski definition) is 3. The molecule has 21 heavy (non-hydrogen) atoms. The maximum Gasteiger partial charge on any atom is 0.194 e. The largest absolute Gasteiger partial charge is 0.357 e. The highest BCUT2D eigenvalue weighted by atomic mass is 127. The standard InChI is InChI=1S/C15H24N4S.HI/c1-3-16-14(18-10-13-9-17-12(2)20-13)19-8-7-15(11-19)5-4-6-15;/h9H,3-8,10-11H2,1-2H3,(H,16,18);1H. The van der Waals surface area contributed by atoms with E-state index in [-0.39, 0.29) is 24.0 Å². The summed E-state index contributed by atoms with van der Waals surface area (Å²) in [5.41, 5.74) is 0.622. The molecule has 118 valence electrons. The number of guanidine groups is 1. The van der Waals surface area contributed by atoms with Crippen LogP contribution in [0.1, 0.15) is 42.5 Å². The van der Waals surface area contributed by atoms with Crippen LogP contribution in [-0.4, -0.2) is 35.5 Å². The average molecular weight is 420 g/mol. The van der Waals surface area contributed by atoms with Gasteiger partial charge in [-0.1, -0.05) is 6.42 Å². The highest BCUT2D eigenvalue weighted by Crippen LogP contribution is 2.47. The predicted octanol–water partition coefficient (Wildman–Crippen LogP) is 3.41.